The molecular weight excluding hydrogens is 323 g/mol. The van der Waals surface area contributed by atoms with Crippen LogP contribution in [0.4, 0.5) is 10.5 Å². The van der Waals surface area contributed by atoms with Crippen LogP contribution in [0.1, 0.15) is 0 Å². The van der Waals surface area contributed by atoms with Crippen LogP contribution in [0, 0.1) is 0 Å². The number of carboxylic acid groups (broad SMARTS) is 1. The van der Waals surface area contributed by atoms with Gasteiger partial charge in [0.25, 0.3) is 0 Å². The number of hydrogen-bond acceptors (Lipinski definition) is 3. The Kier molecular flexibility index (Phi) is 5.01. The van der Waals surface area contributed by atoms with E-state index in [-0.39, 0.29) is 0 Å². The second kappa shape index (κ2) is 6.56. The van der Waals surface area contributed by atoms with Crippen LogP contribution in [-0.2, 0) is 4.79 Å². The van der Waals surface area contributed by atoms with Crippen molar-refractivity contribution < 1.29 is 14.7 Å². The van der Waals surface area contributed by atoms with E-state index >= 15 is 0 Å². The van der Waals surface area contributed by atoms with Crippen molar-refractivity contribution in [3.8, 4) is 0 Å². The summed E-state index contributed by atoms with van der Waals surface area (Å²) >= 11 is 13.3. The van der Waals surface area contributed by atoms with Gasteiger partial charge >= 0.3 is 12.0 Å². The second-order valence-corrected chi connectivity index (χ2v) is 6.17. The number of amides is 2. The first-order chi connectivity index (χ1) is 9.49. The molecule has 20 heavy (non-hydrogen) atoms. The highest BCUT2D eigenvalue weighted by atomic mass is 35.5. The summed E-state index contributed by atoms with van der Waals surface area (Å²) in [6.45, 7) is 0.381. The highest BCUT2D eigenvalue weighted by molar-refractivity contribution is 7.99. The number of urea groups is 1. The summed E-state index contributed by atoms with van der Waals surface area (Å²) in [5.41, 5.74) is 0.367. The van der Waals surface area contributed by atoms with E-state index in [1.54, 1.807) is 12.1 Å². The highest BCUT2D eigenvalue weighted by Crippen LogP contribution is 2.26. The largest absolute Gasteiger partial charge is 0.480 e. The Balaban J connectivity index is 2.14. The van der Waals surface area contributed by atoms with Gasteiger partial charge in [0.05, 0.1) is 10.7 Å². The standard InChI is InChI=1S/C12H12Cl2N2O3S/c13-7-1-2-8(14)9(5-7)15-12(19)16-3-4-20-6-10(16)11(17)18/h1-2,5,10H,3-4,6H2,(H,15,19)(H,17,18). The van der Waals surface area contributed by atoms with Crippen LogP contribution in [-0.4, -0.2) is 46.1 Å². The van der Waals surface area contributed by atoms with Crippen LogP contribution < -0.4 is 5.32 Å². The van der Waals surface area contributed by atoms with Crippen molar-refractivity contribution in [2.75, 3.05) is 23.4 Å². The Morgan fingerprint density at radius 2 is 2.15 bits per heavy atom. The average Bonchev–Trinajstić information content (AvgIpc) is 2.42. The van der Waals surface area contributed by atoms with E-state index in [1.807, 2.05) is 0 Å². The lowest BCUT2D eigenvalue weighted by Gasteiger charge is -2.32. The monoisotopic (exact) mass is 334 g/mol. The zero-order valence-corrected chi connectivity index (χ0v) is 12.6. The van der Waals surface area contributed by atoms with Crippen LogP contribution in [0.2, 0.25) is 10.0 Å². The SMILES string of the molecule is O=C(O)C1CSCCN1C(=O)Nc1cc(Cl)ccc1Cl. The first kappa shape index (κ1) is 15.3. The Morgan fingerprint density at radius 1 is 1.40 bits per heavy atom. The summed E-state index contributed by atoms with van der Waals surface area (Å²) in [5, 5.41) is 12.5. The minimum Gasteiger partial charge on any atom is -0.480 e. The van der Waals surface area contributed by atoms with Crippen molar-refractivity contribution in [3.63, 3.8) is 0 Å². The third-order valence-corrected chi connectivity index (χ3v) is 4.43. The molecule has 1 aromatic rings. The molecule has 0 radical (unpaired) electrons. The van der Waals surface area contributed by atoms with Crippen molar-refractivity contribution in [1.82, 2.24) is 4.90 Å². The Hall–Kier alpha value is -1.11. The van der Waals surface area contributed by atoms with E-state index in [0.717, 1.165) is 0 Å². The molecule has 0 aliphatic carbocycles. The minimum atomic E-state index is -1.01. The Morgan fingerprint density at radius 3 is 2.85 bits per heavy atom. The van der Waals surface area contributed by atoms with Crippen molar-refractivity contribution >= 4 is 52.7 Å². The lowest BCUT2D eigenvalue weighted by Crippen LogP contribution is -2.51. The number of halogens is 2. The third kappa shape index (κ3) is 3.50. The third-order valence-electron chi connectivity index (χ3n) is 2.84. The molecule has 1 fully saturated rings. The first-order valence-electron chi connectivity index (χ1n) is 5.82. The van der Waals surface area contributed by atoms with Gasteiger partial charge in [-0.05, 0) is 18.2 Å². The number of anilines is 1. The number of nitrogens with one attached hydrogen (secondary N) is 1. The molecule has 1 aliphatic heterocycles. The molecule has 1 aromatic carbocycles. The van der Waals surface area contributed by atoms with Crippen LogP contribution in [0.15, 0.2) is 18.2 Å². The van der Waals surface area contributed by atoms with Gasteiger partial charge < -0.3 is 15.3 Å². The van der Waals surface area contributed by atoms with Gasteiger partial charge in [-0.15, -0.1) is 0 Å². The van der Waals surface area contributed by atoms with Crippen LogP contribution in [0.25, 0.3) is 0 Å². The summed E-state index contributed by atoms with van der Waals surface area (Å²) in [6.07, 6.45) is 0. The van der Waals surface area contributed by atoms with E-state index in [1.165, 1.54) is 22.7 Å². The fourth-order valence-corrected chi connectivity index (χ4v) is 3.21. The number of carbonyl (C=O) groups is 2. The van der Waals surface area contributed by atoms with Crippen LogP contribution >= 0.6 is 35.0 Å². The van der Waals surface area contributed by atoms with Gasteiger partial charge in [0.2, 0.25) is 0 Å². The van der Waals surface area contributed by atoms with E-state index in [0.29, 0.717) is 33.8 Å². The second-order valence-electron chi connectivity index (χ2n) is 4.18. The molecule has 0 spiro atoms. The molecule has 2 rings (SSSR count). The fourth-order valence-electron chi connectivity index (χ4n) is 1.83. The number of nitrogens with zero attached hydrogens (tertiary/aromatic N) is 1. The zero-order valence-electron chi connectivity index (χ0n) is 10.3. The molecule has 1 heterocycles. The molecule has 1 aliphatic rings. The lowest BCUT2D eigenvalue weighted by molar-refractivity contribution is -0.141. The summed E-state index contributed by atoms with van der Waals surface area (Å²) in [6, 6.07) is 3.39. The van der Waals surface area contributed by atoms with Crippen molar-refractivity contribution in [1.29, 1.82) is 0 Å². The molecule has 2 amide bonds. The van der Waals surface area contributed by atoms with E-state index in [9.17, 15) is 9.59 Å². The summed E-state index contributed by atoms with van der Waals surface area (Å²) in [7, 11) is 0. The fraction of sp³-hybridized carbons (Fsp3) is 0.333. The predicted octanol–water partition coefficient (Wildman–Crippen LogP) is 3.03. The van der Waals surface area contributed by atoms with Gasteiger partial charge in [-0.1, -0.05) is 23.2 Å². The normalized spacial score (nSPS) is 18.7. The highest BCUT2D eigenvalue weighted by Gasteiger charge is 2.32. The maximum absolute atomic E-state index is 12.2. The predicted molar refractivity (Wildman–Crippen MR) is 80.9 cm³/mol. The topological polar surface area (TPSA) is 69.6 Å². The molecular formula is C12H12Cl2N2O3S. The molecule has 8 heteroatoms. The number of carboxylic acids is 1. The number of benzene rings is 1. The number of aliphatic carboxylic acids is 1. The number of thioether (sulfide) groups is 1. The molecule has 1 saturated heterocycles. The van der Waals surface area contributed by atoms with Crippen LogP contribution in [0.3, 0.4) is 0 Å². The van der Waals surface area contributed by atoms with E-state index in [4.69, 9.17) is 28.3 Å². The Labute approximate surface area is 130 Å². The molecule has 2 N–H and O–H groups in total. The molecule has 108 valence electrons. The quantitative estimate of drug-likeness (QED) is 0.872. The van der Waals surface area contributed by atoms with Gasteiger partial charge in [0.1, 0.15) is 6.04 Å². The van der Waals surface area contributed by atoms with Gasteiger partial charge in [-0.25, -0.2) is 9.59 Å². The molecule has 0 saturated carbocycles. The van der Waals surface area contributed by atoms with Gasteiger partial charge in [-0.3, -0.25) is 0 Å². The number of carbonyl (C=O) groups excluding carboxylic acids is 1. The average molecular weight is 335 g/mol. The zero-order chi connectivity index (χ0) is 14.7. The summed E-state index contributed by atoms with van der Waals surface area (Å²) in [5.74, 6) is 0.0801. The summed E-state index contributed by atoms with van der Waals surface area (Å²) < 4.78 is 0. The van der Waals surface area contributed by atoms with Gasteiger partial charge in [0.15, 0.2) is 0 Å². The maximum atomic E-state index is 12.2. The maximum Gasteiger partial charge on any atom is 0.327 e. The number of rotatable bonds is 2. The van der Waals surface area contributed by atoms with Crippen molar-refractivity contribution in [2.45, 2.75) is 6.04 Å². The first-order valence-corrected chi connectivity index (χ1v) is 7.73. The molecule has 1 unspecified atom stereocenters. The molecule has 0 aromatic heterocycles. The van der Waals surface area contributed by atoms with E-state index < -0.39 is 18.0 Å². The van der Waals surface area contributed by atoms with Gasteiger partial charge in [-0.2, -0.15) is 11.8 Å². The minimum absolute atomic E-state index is 0.348. The smallest absolute Gasteiger partial charge is 0.327 e. The van der Waals surface area contributed by atoms with Crippen molar-refractivity contribution in [3.05, 3.63) is 28.2 Å². The van der Waals surface area contributed by atoms with E-state index in [2.05, 4.69) is 5.32 Å². The van der Waals surface area contributed by atoms with Crippen LogP contribution in [0.5, 0.6) is 0 Å². The summed E-state index contributed by atoms with van der Waals surface area (Å²) in [4.78, 5) is 24.6. The molecule has 1 atom stereocenters. The lowest BCUT2D eigenvalue weighted by atomic mass is 10.3. The molecule has 5 nitrogen and oxygen atoms in total. The van der Waals surface area contributed by atoms with Gasteiger partial charge in [0, 0.05) is 23.1 Å². The number of hydrogen-bond donors (Lipinski definition) is 2. The van der Waals surface area contributed by atoms with Crippen molar-refractivity contribution in [2.24, 2.45) is 0 Å². The molecule has 0 bridgehead atoms. The Bertz CT molecular complexity index is 541.